The molecule has 4 nitrogen and oxygen atoms in total. The predicted octanol–water partition coefficient (Wildman–Crippen LogP) is 1.82. The zero-order valence-corrected chi connectivity index (χ0v) is 9.03. The fourth-order valence-electron chi connectivity index (χ4n) is 2.30. The summed E-state index contributed by atoms with van der Waals surface area (Å²) >= 11 is 0. The Morgan fingerprint density at radius 2 is 2.31 bits per heavy atom. The number of hydrogen-bond donors (Lipinski definition) is 3. The van der Waals surface area contributed by atoms with E-state index < -0.39 is 0 Å². The summed E-state index contributed by atoms with van der Waals surface area (Å²) < 4.78 is 0. The number of H-pyrrole nitrogens is 2. The Balaban J connectivity index is 1.93. The van der Waals surface area contributed by atoms with Crippen LogP contribution < -0.4 is 0 Å². The van der Waals surface area contributed by atoms with Gasteiger partial charge in [0.15, 0.2) is 0 Å². The smallest absolute Gasteiger partial charge is 0.115 e. The van der Waals surface area contributed by atoms with Gasteiger partial charge in [-0.05, 0) is 18.9 Å². The van der Waals surface area contributed by atoms with Gasteiger partial charge in [0.2, 0.25) is 0 Å². The number of aliphatic hydroxyl groups is 1. The van der Waals surface area contributed by atoms with Gasteiger partial charge in [-0.3, -0.25) is 0 Å². The van der Waals surface area contributed by atoms with Crippen LogP contribution in [0.5, 0.6) is 0 Å². The number of hydrogen-bond acceptors (Lipinski definition) is 2. The molecule has 0 unspecified atom stereocenters. The van der Waals surface area contributed by atoms with Crippen molar-refractivity contribution in [3.8, 4) is 11.3 Å². The van der Waals surface area contributed by atoms with E-state index in [0.29, 0.717) is 0 Å². The summed E-state index contributed by atoms with van der Waals surface area (Å²) in [5.41, 5.74) is 2.01. The molecule has 0 spiro atoms. The SMILES string of the molecule is OCC1(c2ncc(-c3cc[nH]c3)[nH]2)CCC1. The predicted molar refractivity (Wildman–Crippen MR) is 61.0 cm³/mol. The summed E-state index contributed by atoms with van der Waals surface area (Å²) in [5.74, 6) is 0.928. The van der Waals surface area contributed by atoms with Crippen molar-refractivity contribution in [1.82, 2.24) is 15.0 Å². The highest BCUT2D eigenvalue weighted by Crippen LogP contribution is 2.42. The van der Waals surface area contributed by atoms with Gasteiger partial charge in [-0.1, -0.05) is 6.42 Å². The maximum absolute atomic E-state index is 9.46. The van der Waals surface area contributed by atoms with Crippen LogP contribution in [0.1, 0.15) is 25.1 Å². The van der Waals surface area contributed by atoms with Crippen molar-refractivity contribution < 1.29 is 5.11 Å². The second-order valence-corrected chi connectivity index (χ2v) is 4.54. The largest absolute Gasteiger partial charge is 0.395 e. The summed E-state index contributed by atoms with van der Waals surface area (Å²) in [5, 5.41) is 9.46. The van der Waals surface area contributed by atoms with Gasteiger partial charge < -0.3 is 15.1 Å². The summed E-state index contributed by atoms with van der Waals surface area (Å²) in [7, 11) is 0. The molecule has 2 heterocycles. The van der Waals surface area contributed by atoms with Crippen LogP contribution >= 0.6 is 0 Å². The average Bonchev–Trinajstić information content (AvgIpc) is 2.86. The minimum atomic E-state index is -0.103. The van der Waals surface area contributed by atoms with E-state index in [9.17, 15) is 5.11 Å². The Morgan fingerprint density at radius 1 is 1.44 bits per heavy atom. The first-order chi connectivity index (χ1) is 7.84. The van der Waals surface area contributed by atoms with Crippen LogP contribution in [0.4, 0.5) is 0 Å². The van der Waals surface area contributed by atoms with Crippen LogP contribution in [0.15, 0.2) is 24.7 Å². The first-order valence-electron chi connectivity index (χ1n) is 5.64. The molecule has 1 saturated carbocycles. The number of aromatic amines is 2. The minimum absolute atomic E-state index is 0.103. The first-order valence-corrected chi connectivity index (χ1v) is 5.64. The molecule has 84 valence electrons. The number of imidazole rings is 1. The summed E-state index contributed by atoms with van der Waals surface area (Å²) in [6.07, 6.45) is 8.91. The van der Waals surface area contributed by atoms with Gasteiger partial charge in [-0.15, -0.1) is 0 Å². The van der Waals surface area contributed by atoms with E-state index in [1.165, 1.54) is 6.42 Å². The van der Waals surface area contributed by atoms with Crippen LogP contribution in [-0.4, -0.2) is 26.7 Å². The van der Waals surface area contributed by atoms with Gasteiger partial charge >= 0.3 is 0 Å². The van der Waals surface area contributed by atoms with Crippen LogP contribution in [0.25, 0.3) is 11.3 Å². The summed E-state index contributed by atoms with van der Waals surface area (Å²) in [6.45, 7) is 0.188. The minimum Gasteiger partial charge on any atom is -0.395 e. The van der Waals surface area contributed by atoms with Crippen molar-refractivity contribution in [3.05, 3.63) is 30.5 Å². The summed E-state index contributed by atoms with van der Waals surface area (Å²) in [6, 6.07) is 2.00. The molecule has 0 saturated heterocycles. The third-order valence-corrected chi connectivity index (χ3v) is 3.60. The lowest BCUT2D eigenvalue weighted by molar-refractivity contribution is 0.113. The Labute approximate surface area is 93.7 Å². The molecule has 2 aromatic heterocycles. The zero-order chi connectivity index (χ0) is 11.0. The molecular formula is C12H15N3O. The van der Waals surface area contributed by atoms with E-state index in [0.717, 1.165) is 29.9 Å². The molecular weight excluding hydrogens is 202 g/mol. The lowest BCUT2D eigenvalue weighted by Gasteiger charge is -2.38. The van der Waals surface area contributed by atoms with E-state index in [4.69, 9.17) is 0 Å². The van der Waals surface area contributed by atoms with Crippen LogP contribution in [0.3, 0.4) is 0 Å². The summed E-state index contributed by atoms with van der Waals surface area (Å²) in [4.78, 5) is 10.7. The lowest BCUT2D eigenvalue weighted by Crippen LogP contribution is -2.39. The van der Waals surface area contributed by atoms with E-state index in [-0.39, 0.29) is 12.0 Å². The Bertz CT molecular complexity index is 463. The second kappa shape index (κ2) is 3.49. The van der Waals surface area contributed by atoms with Crippen molar-refractivity contribution in [2.75, 3.05) is 6.61 Å². The normalized spacial score (nSPS) is 18.3. The molecule has 0 amide bonds. The van der Waals surface area contributed by atoms with Crippen LogP contribution in [0, 0.1) is 0 Å². The molecule has 16 heavy (non-hydrogen) atoms. The van der Waals surface area contributed by atoms with Crippen molar-refractivity contribution >= 4 is 0 Å². The van der Waals surface area contributed by atoms with Gasteiger partial charge in [-0.25, -0.2) is 4.98 Å². The molecule has 1 aliphatic carbocycles. The number of nitrogens with one attached hydrogen (secondary N) is 2. The fourth-order valence-corrected chi connectivity index (χ4v) is 2.30. The molecule has 0 atom stereocenters. The highest BCUT2D eigenvalue weighted by atomic mass is 16.3. The average molecular weight is 217 g/mol. The molecule has 4 heteroatoms. The second-order valence-electron chi connectivity index (χ2n) is 4.54. The highest BCUT2D eigenvalue weighted by molar-refractivity contribution is 5.57. The lowest BCUT2D eigenvalue weighted by atomic mass is 9.69. The van der Waals surface area contributed by atoms with Crippen molar-refractivity contribution in [1.29, 1.82) is 0 Å². The number of nitrogens with zero attached hydrogens (tertiary/aromatic N) is 1. The highest BCUT2D eigenvalue weighted by Gasteiger charge is 2.40. The maximum atomic E-state index is 9.46. The van der Waals surface area contributed by atoms with Gasteiger partial charge in [0, 0.05) is 18.0 Å². The van der Waals surface area contributed by atoms with E-state index >= 15 is 0 Å². The molecule has 0 bridgehead atoms. The van der Waals surface area contributed by atoms with E-state index in [2.05, 4.69) is 15.0 Å². The molecule has 2 aromatic rings. The Morgan fingerprint density at radius 3 is 2.88 bits per heavy atom. The van der Waals surface area contributed by atoms with Gasteiger partial charge in [0.1, 0.15) is 5.82 Å². The van der Waals surface area contributed by atoms with Crippen molar-refractivity contribution in [2.45, 2.75) is 24.7 Å². The van der Waals surface area contributed by atoms with Gasteiger partial charge in [0.05, 0.1) is 23.9 Å². The van der Waals surface area contributed by atoms with Crippen LogP contribution in [-0.2, 0) is 5.41 Å². The quantitative estimate of drug-likeness (QED) is 0.734. The zero-order valence-electron chi connectivity index (χ0n) is 9.03. The first kappa shape index (κ1) is 9.66. The third kappa shape index (κ3) is 1.30. The topological polar surface area (TPSA) is 64.7 Å². The third-order valence-electron chi connectivity index (χ3n) is 3.60. The van der Waals surface area contributed by atoms with E-state index in [1.54, 1.807) is 0 Å². The van der Waals surface area contributed by atoms with Crippen molar-refractivity contribution in [3.63, 3.8) is 0 Å². The fraction of sp³-hybridized carbons (Fsp3) is 0.417. The monoisotopic (exact) mass is 217 g/mol. The van der Waals surface area contributed by atoms with Gasteiger partial charge in [0.25, 0.3) is 0 Å². The number of aromatic nitrogens is 3. The van der Waals surface area contributed by atoms with E-state index in [1.807, 2.05) is 24.7 Å². The van der Waals surface area contributed by atoms with Crippen LogP contribution in [0.2, 0.25) is 0 Å². The van der Waals surface area contributed by atoms with Gasteiger partial charge in [-0.2, -0.15) is 0 Å². The molecule has 0 radical (unpaired) electrons. The molecule has 1 fully saturated rings. The molecule has 3 N–H and O–H groups in total. The molecule has 0 aromatic carbocycles. The molecule has 3 rings (SSSR count). The standard InChI is InChI=1S/C12H15N3O/c16-8-12(3-1-4-12)11-14-7-10(15-11)9-2-5-13-6-9/h2,5-7,13,16H,1,3-4,8H2,(H,14,15). The molecule has 0 aliphatic heterocycles. The Hall–Kier alpha value is -1.55. The Kier molecular flexibility index (Phi) is 2.11. The number of aliphatic hydroxyl groups excluding tert-OH is 1. The number of rotatable bonds is 3. The maximum Gasteiger partial charge on any atom is 0.115 e. The molecule has 1 aliphatic rings. The van der Waals surface area contributed by atoms with Crippen molar-refractivity contribution in [2.24, 2.45) is 0 Å².